The molecule has 0 aliphatic carbocycles. The molecule has 2 heterocycles. The molecule has 0 saturated carbocycles. The van der Waals surface area contributed by atoms with Crippen LogP contribution >= 0.6 is 23.4 Å². The van der Waals surface area contributed by atoms with Gasteiger partial charge in [-0.05, 0) is 39.2 Å². The summed E-state index contributed by atoms with van der Waals surface area (Å²) in [5.41, 5.74) is 2.17. The number of rotatable bonds is 7. The van der Waals surface area contributed by atoms with E-state index in [0.717, 1.165) is 52.2 Å². The molecule has 8 heteroatoms. The quantitative estimate of drug-likeness (QED) is 0.524. The summed E-state index contributed by atoms with van der Waals surface area (Å²) in [6.07, 6.45) is 1.01. The van der Waals surface area contributed by atoms with E-state index in [1.165, 1.54) is 0 Å². The van der Waals surface area contributed by atoms with E-state index >= 15 is 0 Å². The highest BCUT2D eigenvalue weighted by Crippen LogP contribution is 2.55. The third-order valence-electron chi connectivity index (χ3n) is 4.87. The number of halogens is 1. The first-order chi connectivity index (χ1) is 14.3. The second-order valence-electron chi connectivity index (χ2n) is 8.08. The van der Waals surface area contributed by atoms with E-state index in [4.69, 9.17) is 30.5 Å². The minimum absolute atomic E-state index is 0.153. The van der Waals surface area contributed by atoms with Gasteiger partial charge in [0.2, 0.25) is 5.79 Å². The van der Waals surface area contributed by atoms with Crippen molar-refractivity contribution >= 4 is 34.7 Å². The van der Waals surface area contributed by atoms with Crippen LogP contribution in [-0.4, -0.2) is 51.8 Å². The van der Waals surface area contributed by atoms with Crippen molar-refractivity contribution in [3.05, 3.63) is 29.3 Å². The maximum atomic E-state index is 6.54. The lowest BCUT2D eigenvalue weighted by Crippen LogP contribution is -2.29. The van der Waals surface area contributed by atoms with Crippen LogP contribution in [0.1, 0.15) is 20.3 Å². The Kier molecular flexibility index (Phi) is 5.99. The molecule has 2 aliphatic heterocycles. The van der Waals surface area contributed by atoms with Gasteiger partial charge in [-0.15, -0.1) is 0 Å². The number of hydrogen-bond acceptors (Lipinski definition) is 7. The lowest BCUT2D eigenvalue weighted by molar-refractivity contribution is -0.0431. The molecule has 2 aromatic rings. The van der Waals surface area contributed by atoms with Crippen LogP contribution in [0.5, 0.6) is 17.2 Å². The van der Waals surface area contributed by atoms with Crippen LogP contribution in [0.2, 0.25) is 5.02 Å². The molecule has 0 N–H and O–H groups in total. The molecule has 2 aromatic carbocycles. The molecule has 4 rings (SSSR count). The van der Waals surface area contributed by atoms with Crippen LogP contribution in [0.15, 0.2) is 34.1 Å². The Balaban J connectivity index is 1.73. The summed E-state index contributed by atoms with van der Waals surface area (Å²) in [7, 11) is 5.77. The first kappa shape index (κ1) is 21.4. The molecule has 30 heavy (non-hydrogen) atoms. The van der Waals surface area contributed by atoms with Crippen molar-refractivity contribution in [2.45, 2.75) is 35.8 Å². The van der Waals surface area contributed by atoms with Gasteiger partial charge in [-0.2, -0.15) is 0 Å². The number of methoxy groups -OCH3 is 1. The summed E-state index contributed by atoms with van der Waals surface area (Å²) in [6, 6.07) is 8.10. The highest BCUT2D eigenvalue weighted by molar-refractivity contribution is 7.99. The van der Waals surface area contributed by atoms with E-state index in [2.05, 4.69) is 36.0 Å². The standard InChI is InChI=1S/C22H27ClN2O4S/c1-22(2)28-18-10-16-21(12-19(18)29-22)30-20-11-17(27-13-26-5)14(23)9-15(20)25(16)8-6-7-24(3)4/h9-12H,6-8,13H2,1-5H3. The highest BCUT2D eigenvalue weighted by atomic mass is 35.5. The zero-order valence-electron chi connectivity index (χ0n) is 18.0. The molecule has 0 bridgehead atoms. The van der Waals surface area contributed by atoms with Gasteiger partial charge >= 0.3 is 0 Å². The van der Waals surface area contributed by atoms with E-state index in [1.807, 2.05) is 26.0 Å². The molecule has 0 unspecified atom stereocenters. The summed E-state index contributed by atoms with van der Waals surface area (Å²) in [5.74, 6) is 1.49. The van der Waals surface area contributed by atoms with Gasteiger partial charge in [0.1, 0.15) is 5.75 Å². The largest absolute Gasteiger partial charge is 0.466 e. The topological polar surface area (TPSA) is 43.4 Å². The molecule has 0 saturated heterocycles. The summed E-state index contributed by atoms with van der Waals surface area (Å²) >= 11 is 8.22. The first-order valence-electron chi connectivity index (χ1n) is 9.89. The van der Waals surface area contributed by atoms with Gasteiger partial charge in [-0.1, -0.05) is 23.4 Å². The zero-order chi connectivity index (χ0) is 21.5. The van der Waals surface area contributed by atoms with Crippen molar-refractivity contribution in [2.75, 3.05) is 46.0 Å². The lowest BCUT2D eigenvalue weighted by atomic mass is 10.2. The number of benzene rings is 2. The molecular formula is C22H27ClN2O4S. The Labute approximate surface area is 187 Å². The molecule has 0 aromatic heterocycles. The third-order valence-corrected chi connectivity index (χ3v) is 6.26. The van der Waals surface area contributed by atoms with Crippen LogP contribution in [-0.2, 0) is 4.74 Å². The minimum atomic E-state index is -0.663. The molecule has 0 spiro atoms. The SMILES string of the molecule is COCOc1cc2c(cc1Cl)N(CCCN(C)C)c1cc3c(cc1S2)OC(C)(C)O3. The monoisotopic (exact) mass is 450 g/mol. The maximum Gasteiger partial charge on any atom is 0.246 e. The van der Waals surface area contributed by atoms with Gasteiger partial charge in [0.05, 0.1) is 16.4 Å². The molecule has 162 valence electrons. The normalized spacial score (nSPS) is 15.9. The number of hydrogen-bond donors (Lipinski definition) is 0. The summed E-state index contributed by atoms with van der Waals surface area (Å²) in [6.45, 7) is 5.84. The predicted molar refractivity (Wildman–Crippen MR) is 120 cm³/mol. The van der Waals surface area contributed by atoms with Crippen molar-refractivity contribution < 1.29 is 18.9 Å². The molecule has 2 aliphatic rings. The van der Waals surface area contributed by atoms with E-state index < -0.39 is 5.79 Å². The predicted octanol–water partition coefficient (Wildman–Crippen LogP) is 5.38. The molecule has 0 amide bonds. The Hall–Kier alpha value is -1.80. The lowest BCUT2D eigenvalue weighted by Gasteiger charge is -2.33. The summed E-state index contributed by atoms with van der Waals surface area (Å²) < 4.78 is 22.7. The van der Waals surface area contributed by atoms with Gasteiger partial charge in [-0.25, -0.2) is 0 Å². The fourth-order valence-electron chi connectivity index (χ4n) is 3.62. The van der Waals surface area contributed by atoms with Crippen molar-refractivity contribution in [3.8, 4) is 17.2 Å². The number of nitrogens with zero attached hydrogens (tertiary/aromatic N) is 2. The minimum Gasteiger partial charge on any atom is -0.466 e. The zero-order valence-corrected chi connectivity index (χ0v) is 19.5. The fraction of sp³-hybridized carbons (Fsp3) is 0.455. The smallest absolute Gasteiger partial charge is 0.246 e. The van der Waals surface area contributed by atoms with E-state index in [9.17, 15) is 0 Å². The summed E-state index contributed by atoms with van der Waals surface area (Å²) in [4.78, 5) is 6.71. The van der Waals surface area contributed by atoms with E-state index in [0.29, 0.717) is 10.8 Å². The molecule has 0 atom stereocenters. The number of anilines is 2. The van der Waals surface area contributed by atoms with Crippen molar-refractivity contribution in [1.29, 1.82) is 0 Å². The Morgan fingerprint density at radius 3 is 2.43 bits per heavy atom. The Morgan fingerprint density at radius 1 is 1.07 bits per heavy atom. The molecule has 0 fully saturated rings. The van der Waals surface area contributed by atoms with Gasteiger partial charge in [-0.3, -0.25) is 0 Å². The average Bonchev–Trinajstić information content (AvgIpc) is 2.97. The fourth-order valence-corrected chi connectivity index (χ4v) is 4.95. The molecular weight excluding hydrogens is 424 g/mol. The molecule has 0 radical (unpaired) electrons. The van der Waals surface area contributed by atoms with Crippen molar-refractivity contribution in [3.63, 3.8) is 0 Å². The van der Waals surface area contributed by atoms with Crippen LogP contribution in [0.25, 0.3) is 0 Å². The summed E-state index contributed by atoms with van der Waals surface area (Å²) in [5, 5.41) is 0.564. The second-order valence-corrected chi connectivity index (χ2v) is 9.57. The van der Waals surface area contributed by atoms with Gasteiger partial charge in [0.15, 0.2) is 18.3 Å². The third kappa shape index (κ3) is 4.30. The first-order valence-corrected chi connectivity index (χ1v) is 11.1. The van der Waals surface area contributed by atoms with Crippen LogP contribution in [0.3, 0.4) is 0 Å². The van der Waals surface area contributed by atoms with Gasteiger partial charge in [0, 0.05) is 49.4 Å². The Bertz CT molecular complexity index is 951. The van der Waals surface area contributed by atoms with Crippen LogP contribution < -0.4 is 19.1 Å². The second kappa shape index (κ2) is 8.38. The highest BCUT2D eigenvalue weighted by Gasteiger charge is 2.35. The molecule has 6 nitrogen and oxygen atoms in total. The Morgan fingerprint density at radius 2 is 1.73 bits per heavy atom. The van der Waals surface area contributed by atoms with Crippen LogP contribution in [0, 0.1) is 0 Å². The average molecular weight is 451 g/mol. The van der Waals surface area contributed by atoms with Crippen molar-refractivity contribution in [1.82, 2.24) is 4.90 Å². The van der Waals surface area contributed by atoms with Crippen LogP contribution in [0.4, 0.5) is 11.4 Å². The maximum absolute atomic E-state index is 6.54. The van der Waals surface area contributed by atoms with Gasteiger partial charge in [0.25, 0.3) is 0 Å². The van der Waals surface area contributed by atoms with E-state index in [-0.39, 0.29) is 6.79 Å². The van der Waals surface area contributed by atoms with Crippen molar-refractivity contribution in [2.24, 2.45) is 0 Å². The number of fused-ring (bicyclic) bond motifs is 3. The number of ether oxygens (including phenoxy) is 4. The van der Waals surface area contributed by atoms with Gasteiger partial charge < -0.3 is 28.7 Å². The van der Waals surface area contributed by atoms with E-state index in [1.54, 1.807) is 18.9 Å².